The number of rotatable bonds is 6. The van der Waals surface area contributed by atoms with Gasteiger partial charge in [0.25, 0.3) is 0 Å². The lowest BCUT2D eigenvalue weighted by molar-refractivity contribution is -0.144. The summed E-state index contributed by atoms with van der Waals surface area (Å²) < 4.78 is 0. The maximum atomic E-state index is 11.8. The molecular formula is C13H23NO4. The number of carboxylic acids is 1. The minimum Gasteiger partial charge on any atom is -0.480 e. The topological polar surface area (TPSA) is 83.5 Å². The van der Waals surface area contributed by atoms with E-state index in [2.05, 4.69) is 5.32 Å². The second kappa shape index (κ2) is 6.52. The first-order valence-electron chi connectivity index (χ1n) is 6.09. The van der Waals surface area contributed by atoms with Crippen molar-refractivity contribution in [3.63, 3.8) is 0 Å². The fourth-order valence-electron chi connectivity index (χ4n) is 1.32. The van der Waals surface area contributed by atoms with Crippen LogP contribution in [0.3, 0.4) is 0 Å². The third-order valence-corrected chi connectivity index (χ3v) is 2.45. The average molecular weight is 257 g/mol. The summed E-state index contributed by atoms with van der Waals surface area (Å²) >= 11 is 0. The first-order valence-corrected chi connectivity index (χ1v) is 6.09. The van der Waals surface area contributed by atoms with Crippen molar-refractivity contribution < 1.29 is 19.5 Å². The van der Waals surface area contributed by atoms with Gasteiger partial charge in [-0.25, -0.2) is 4.79 Å². The van der Waals surface area contributed by atoms with Gasteiger partial charge in [-0.05, 0) is 5.92 Å². The minimum absolute atomic E-state index is 0.151. The van der Waals surface area contributed by atoms with Crippen molar-refractivity contribution in [1.29, 1.82) is 0 Å². The van der Waals surface area contributed by atoms with E-state index in [-0.39, 0.29) is 30.4 Å². The number of carboxylic acid groups (broad SMARTS) is 1. The van der Waals surface area contributed by atoms with Crippen LogP contribution in [0, 0.1) is 11.3 Å². The molecule has 5 nitrogen and oxygen atoms in total. The molecule has 104 valence electrons. The Hall–Kier alpha value is -1.39. The Bertz CT molecular complexity index is 328. The van der Waals surface area contributed by atoms with Crippen molar-refractivity contribution in [1.82, 2.24) is 5.32 Å². The van der Waals surface area contributed by atoms with Gasteiger partial charge in [0.05, 0.1) is 0 Å². The molecular weight excluding hydrogens is 234 g/mol. The second-order valence-corrected chi connectivity index (χ2v) is 5.93. The van der Waals surface area contributed by atoms with Gasteiger partial charge < -0.3 is 10.4 Å². The molecule has 5 heteroatoms. The normalized spacial score (nSPS) is 13.2. The Morgan fingerprint density at radius 1 is 1.11 bits per heavy atom. The summed E-state index contributed by atoms with van der Waals surface area (Å²) in [5.74, 6) is -1.54. The van der Waals surface area contributed by atoms with E-state index in [0.29, 0.717) is 0 Å². The monoisotopic (exact) mass is 257 g/mol. The number of carbonyl (C=O) groups excluding carboxylic acids is 2. The smallest absolute Gasteiger partial charge is 0.326 e. The van der Waals surface area contributed by atoms with Crippen LogP contribution < -0.4 is 5.32 Å². The van der Waals surface area contributed by atoms with Crippen molar-refractivity contribution in [3.05, 3.63) is 0 Å². The van der Waals surface area contributed by atoms with Gasteiger partial charge in [-0.1, -0.05) is 34.6 Å². The van der Waals surface area contributed by atoms with E-state index < -0.39 is 17.4 Å². The Morgan fingerprint density at radius 2 is 1.61 bits per heavy atom. The van der Waals surface area contributed by atoms with Crippen LogP contribution in [-0.4, -0.2) is 28.8 Å². The lowest BCUT2D eigenvalue weighted by atomic mass is 9.87. The standard InChI is InChI=1S/C13H23NO4/c1-8(2)6-11(16)14-9(12(17)18)7-10(15)13(3,4)5/h8-9H,6-7H2,1-5H3,(H,14,16)(H,17,18). The van der Waals surface area contributed by atoms with Gasteiger partial charge in [0.1, 0.15) is 11.8 Å². The van der Waals surface area contributed by atoms with Crippen molar-refractivity contribution in [3.8, 4) is 0 Å². The summed E-state index contributed by atoms with van der Waals surface area (Å²) in [7, 11) is 0. The molecule has 0 fully saturated rings. The summed E-state index contributed by atoms with van der Waals surface area (Å²) in [5.41, 5.74) is -0.601. The maximum Gasteiger partial charge on any atom is 0.326 e. The number of hydrogen-bond donors (Lipinski definition) is 2. The highest BCUT2D eigenvalue weighted by atomic mass is 16.4. The molecule has 0 heterocycles. The first kappa shape index (κ1) is 16.6. The molecule has 0 aliphatic heterocycles. The lowest BCUT2D eigenvalue weighted by Crippen LogP contribution is -2.44. The Balaban J connectivity index is 4.56. The van der Waals surface area contributed by atoms with E-state index in [1.807, 2.05) is 13.8 Å². The molecule has 2 N–H and O–H groups in total. The van der Waals surface area contributed by atoms with Gasteiger partial charge in [-0.2, -0.15) is 0 Å². The molecule has 0 radical (unpaired) electrons. The summed E-state index contributed by atoms with van der Waals surface area (Å²) in [6, 6.07) is -1.14. The number of aliphatic carboxylic acids is 1. The molecule has 18 heavy (non-hydrogen) atoms. The van der Waals surface area contributed by atoms with Crippen molar-refractivity contribution in [2.45, 2.75) is 53.5 Å². The average Bonchev–Trinajstić information content (AvgIpc) is 2.13. The quantitative estimate of drug-likeness (QED) is 0.757. The summed E-state index contributed by atoms with van der Waals surface area (Å²) in [4.78, 5) is 34.3. The molecule has 0 saturated heterocycles. The molecule has 0 aromatic carbocycles. The third kappa shape index (κ3) is 6.37. The number of carbonyl (C=O) groups is 3. The maximum absolute atomic E-state index is 11.8. The number of nitrogens with one attached hydrogen (secondary N) is 1. The van der Waals surface area contributed by atoms with E-state index in [9.17, 15) is 14.4 Å². The molecule has 0 bridgehead atoms. The number of Topliss-reactive ketones (excluding diaryl/α,β-unsaturated/α-hetero) is 1. The highest BCUT2D eigenvalue weighted by Gasteiger charge is 2.29. The van der Waals surface area contributed by atoms with Crippen LogP contribution in [0.25, 0.3) is 0 Å². The van der Waals surface area contributed by atoms with Crippen LogP contribution in [0.5, 0.6) is 0 Å². The van der Waals surface area contributed by atoms with Crippen molar-refractivity contribution >= 4 is 17.7 Å². The number of ketones is 1. The van der Waals surface area contributed by atoms with Gasteiger partial charge in [-0.15, -0.1) is 0 Å². The van der Waals surface area contributed by atoms with Gasteiger partial charge in [-0.3, -0.25) is 9.59 Å². The van der Waals surface area contributed by atoms with Crippen molar-refractivity contribution in [2.75, 3.05) is 0 Å². The molecule has 0 aromatic rings. The van der Waals surface area contributed by atoms with Gasteiger partial charge in [0.15, 0.2) is 0 Å². The Kier molecular flexibility index (Phi) is 6.01. The zero-order valence-electron chi connectivity index (χ0n) is 11.7. The van der Waals surface area contributed by atoms with Crippen LogP contribution in [0.2, 0.25) is 0 Å². The summed E-state index contributed by atoms with van der Waals surface area (Å²) in [5, 5.41) is 11.4. The highest BCUT2D eigenvalue weighted by Crippen LogP contribution is 2.18. The summed E-state index contributed by atoms with van der Waals surface area (Å²) in [6.07, 6.45) is 0.0795. The predicted molar refractivity (Wildman–Crippen MR) is 68.1 cm³/mol. The van der Waals surface area contributed by atoms with Gasteiger partial charge >= 0.3 is 5.97 Å². The van der Waals surface area contributed by atoms with E-state index in [4.69, 9.17) is 5.11 Å². The van der Waals surface area contributed by atoms with Gasteiger partial charge in [0, 0.05) is 18.3 Å². The third-order valence-electron chi connectivity index (χ3n) is 2.45. The minimum atomic E-state index is -1.18. The Morgan fingerprint density at radius 3 is 1.94 bits per heavy atom. The number of hydrogen-bond acceptors (Lipinski definition) is 3. The molecule has 0 spiro atoms. The van der Waals surface area contributed by atoms with E-state index >= 15 is 0 Å². The lowest BCUT2D eigenvalue weighted by Gasteiger charge is -2.20. The first-order chi connectivity index (χ1) is 8.04. The second-order valence-electron chi connectivity index (χ2n) is 5.93. The number of amides is 1. The van der Waals surface area contributed by atoms with Crippen LogP contribution in [0.1, 0.15) is 47.5 Å². The van der Waals surface area contributed by atoms with Crippen LogP contribution in [-0.2, 0) is 14.4 Å². The van der Waals surface area contributed by atoms with Crippen molar-refractivity contribution in [2.24, 2.45) is 11.3 Å². The summed E-state index contributed by atoms with van der Waals surface area (Å²) in [6.45, 7) is 8.92. The highest BCUT2D eigenvalue weighted by molar-refractivity contribution is 5.91. The predicted octanol–water partition coefficient (Wildman–Crippen LogP) is 1.61. The van der Waals surface area contributed by atoms with Crippen LogP contribution in [0.15, 0.2) is 0 Å². The van der Waals surface area contributed by atoms with Crippen LogP contribution in [0.4, 0.5) is 0 Å². The fraction of sp³-hybridized carbons (Fsp3) is 0.769. The molecule has 0 aliphatic carbocycles. The molecule has 1 amide bonds. The molecule has 1 unspecified atom stereocenters. The Labute approximate surface area is 108 Å². The molecule has 0 aliphatic rings. The van der Waals surface area contributed by atoms with Crippen LogP contribution >= 0.6 is 0 Å². The van der Waals surface area contributed by atoms with E-state index in [0.717, 1.165) is 0 Å². The molecule has 0 aromatic heterocycles. The molecule has 1 atom stereocenters. The fourth-order valence-corrected chi connectivity index (χ4v) is 1.32. The molecule has 0 rings (SSSR count). The zero-order chi connectivity index (χ0) is 14.5. The van der Waals surface area contributed by atoms with Gasteiger partial charge in [0.2, 0.25) is 5.91 Å². The largest absolute Gasteiger partial charge is 0.480 e. The van der Waals surface area contributed by atoms with E-state index in [1.165, 1.54) is 0 Å². The van der Waals surface area contributed by atoms with E-state index in [1.54, 1.807) is 20.8 Å². The SMILES string of the molecule is CC(C)CC(=O)NC(CC(=O)C(C)(C)C)C(=O)O. The zero-order valence-corrected chi connectivity index (χ0v) is 11.7. The molecule has 0 saturated carbocycles.